The Morgan fingerprint density at radius 3 is 2.47 bits per heavy atom. The molecule has 13 heteroatoms. The van der Waals surface area contributed by atoms with Crippen LogP contribution in [-0.4, -0.2) is 89.1 Å². The average Bonchev–Trinajstić information content (AvgIpc) is 3.30. The number of amides is 2. The molecule has 0 atom stereocenters. The molecule has 2 aliphatic heterocycles. The van der Waals surface area contributed by atoms with E-state index in [2.05, 4.69) is 10.2 Å². The summed E-state index contributed by atoms with van der Waals surface area (Å²) in [7, 11) is 0. The third-order valence-electron chi connectivity index (χ3n) is 8.20. The molecule has 45 heavy (non-hydrogen) atoms. The highest BCUT2D eigenvalue weighted by Gasteiger charge is 2.33. The Kier molecular flexibility index (Phi) is 11.8. The van der Waals surface area contributed by atoms with Gasteiger partial charge in [0.1, 0.15) is 16.7 Å². The molecule has 1 saturated carbocycles. The van der Waals surface area contributed by atoms with Crippen LogP contribution in [0.2, 0.25) is 10.0 Å². The molecule has 5 rings (SSSR count). The van der Waals surface area contributed by atoms with Crippen molar-refractivity contribution in [3.05, 3.63) is 56.9 Å². The minimum Gasteiger partial charge on any atom is -0.492 e. The summed E-state index contributed by atoms with van der Waals surface area (Å²) >= 11 is 19.2. The van der Waals surface area contributed by atoms with Crippen LogP contribution < -0.4 is 10.1 Å². The van der Waals surface area contributed by atoms with Crippen LogP contribution in [0.25, 0.3) is 17.2 Å². The molecule has 0 aromatic heterocycles. The number of rotatable bonds is 11. The van der Waals surface area contributed by atoms with Crippen molar-refractivity contribution in [3.8, 4) is 16.9 Å². The van der Waals surface area contributed by atoms with Crippen LogP contribution in [0.3, 0.4) is 0 Å². The molecule has 1 aliphatic carbocycles. The lowest BCUT2D eigenvalue weighted by Gasteiger charge is -2.27. The van der Waals surface area contributed by atoms with Crippen LogP contribution in [0.4, 0.5) is 0 Å². The number of hydrogen-bond acceptors (Lipinski definition) is 8. The fourth-order valence-corrected chi connectivity index (χ4v) is 7.19. The topological polar surface area (TPSA) is 108 Å². The zero-order valence-electron chi connectivity index (χ0n) is 24.6. The van der Waals surface area contributed by atoms with Crippen molar-refractivity contribution in [2.24, 2.45) is 5.92 Å². The van der Waals surface area contributed by atoms with E-state index >= 15 is 0 Å². The number of nitrogens with one attached hydrogen (secondary N) is 1. The van der Waals surface area contributed by atoms with Gasteiger partial charge in [-0.2, -0.15) is 0 Å². The normalized spacial score (nSPS) is 21.7. The van der Waals surface area contributed by atoms with Crippen molar-refractivity contribution in [2.45, 2.75) is 38.1 Å². The number of carbonyl (C=O) groups is 3. The highest BCUT2D eigenvalue weighted by Crippen LogP contribution is 2.37. The summed E-state index contributed by atoms with van der Waals surface area (Å²) in [5, 5.41) is 13.1. The molecule has 0 bridgehead atoms. The van der Waals surface area contributed by atoms with Crippen molar-refractivity contribution in [1.29, 1.82) is 0 Å². The molecule has 0 radical (unpaired) electrons. The molecule has 2 aromatic rings. The zero-order valence-corrected chi connectivity index (χ0v) is 27.8. The molecular weight excluding hydrogens is 657 g/mol. The molecule has 3 aliphatic rings. The maximum Gasteiger partial charge on any atom is 0.306 e. The fraction of sp³-hybridized carbons (Fsp3) is 0.438. The summed E-state index contributed by atoms with van der Waals surface area (Å²) in [5.74, 6) is -0.944. The number of halogens is 2. The first-order valence-electron chi connectivity index (χ1n) is 15.0. The SMILES string of the molecule is O=C(CCN1C(=O)C(=Cc2cc(-c3ccc(Cl)c(Cl)c3)ccc2OCCN2CCOCC2)SC1=S)NC1CCC(C(=O)O)CC1. The molecule has 9 nitrogen and oxygen atoms in total. The van der Waals surface area contributed by atoms with Crippen LogP contribution in [0.5, 0.6) is 5.75 Å². The third kappa shape index (κ3) is 8.99. The van der Waals surface area contributed by atoms with Gasteiger partial charge in [0.25, 0.3) is 5.91 Å². The minimum absolute atomic E-state index is 0.0522. The molecule has 3 fully saturated rings. The van der Waals surface area contributed by atoms with Crippen molar-refractivity contribution >= 4 is 75.4 Å². The summed E-state index contributed by atoms with van der Waals surface area (Å²) < 4.78 is 12.0. The van der Waals surface area contributed by atoms with Crippen molar-refractivity contribution in [2.75, 3.05) is 46.0 Å². The molecule has 2 heterocycles. The minimum atomic E-state index is -0.782. The Morgan fingerprint density at radius 2 is 1.76 bits per heavy atom. The second-order valence-electron chi connectivity index (χ2n) is 11.2. The number of thioether (sulfide) groups is 1. The lowest BCUT2D eigenvalue weighted by molar-refractivity contribution is -0.142. The van der Waals surface area contributed by atoms with Gasteiger partial charge in [0.05, 0.1) is 34.1 Å². The van der Waals surface area contributed by atoms with E-state index in [9.17, 15) is 19.5 Å². The Balaban J connectivity index is 1.26. The lowest BCUT2D eigenvalue weighted by Crippen LogP contribution is -2.40. The van der Waals surface area contributed by atoms with Gasteiger partial charge in [-0.25, -0.2) is 0 Å². The van der Waals surface area contributed by atoms with E-state index < -0.39 is 5.97 Å². The molecular formula is C32H35Cl2N3O6S2. The van der Waals surface area contributed by atoms with Crippen LogP contribution in [0.1, 0.15) is 37.7 Å². The number of morpholine rings is 1. The fourth-order valence-electron chi connectivity index (χ4n) is 5.59. The van der Waals surface area contributed by atoms with Gasteiger partial charge < -0.3 is 19.9 Å². The van der Waals surface area contributed by atoms with Gasteiger partial charge in [-0.05, 0) is 67.2 Å². The van der Waals surface area contributed by atoms with Crippen molar-refractivity contribution in [1.82, 2.24) is 15.1 Å². The van der Waals surface area contributed by atoms with E-state index in [4.69, 9.17) is 44.9 Å². The Morgan fingerprint density at radius 1 is 1.04 bits per heavy atom. The largest absolute Gasteiger partial charge is 0.492 e. The Bertz CT molecular complexity index is 1470. The lowest BCUT2D eigenvalue weighted by atomic mass is 9.86. The smallest absolute Gasteiger partial charge is 0.306 e. The molecule has 240 valence electrons. The summed E-state index contributed by atoms with van der Waals surface area (Å²) in [6, 6.07) is 11.1. The summed E-state index contributed by atoms with van der Waals surface area (Å²) in [6.45, 7) is 4.52. The predicted octanol–water partition coefficient (Wildman–Crippen LogP) is 5.72. The molecule has 2 N–H and O–H groups in total. The molecule has 0 unspecified atom stereocenters. The van der Waals surface area contributed by atoms with Crippen molar-refractivity contribution in [3.63, 3.8) is 0 Å². The Hall–Kier alpha value is -2.67. The number of carbonyl (C=O) groups excluding carboxylic acids is 2. The molecule has 2 amide bonds. The molecule has 2 aromatic carbocycles. The van der Waals surface area contributed by atoms with Crippen LogP contribution in [0, 0.1) is 5.92 Å². The highest BCUT2D eigenvalue weighted by molar-refractivity contribution is 8.26. The number of hydrogen-bond donors (Lipinski definition) is 2. The number of carboxylic acid groups (broad SMARTS) is 1. The summed E-state index contributed by atoms with van der Waals surface area (Å²) in [5.41, 5.74) is 2.47. The standard InChI is InChI=1S/C32H35Cl2N3O6S2/c33-25-7-3-22(18-26(25)34)21-4-8-27(43-16-13-36-11-14-42-15-12-36)23(17-21)19-28-30(39)37(32(44)45-28)10-9-29(38)35-24-5-1-20(2-6-24)31(40)41/h3-4,7-8,17-20,24H,1-2,5-6,9-16H2,(H,35,38)(H,40,41). The van der Waals surface area contributed by atoms with Gasteiger partial charge in [0.2, 0.25) is 5.91 Å². The number of ether oxygens (including phenoxy) is 2. The van der Waals surface area contributed by atoms with Crippen LogP contribution in [0.15, 0.2) is 41.3 Å². The monoisotopic (exact) mass is 691 g/mol. The van der Waals surface area contributed by atoms with E-state index in [1.54, 1.807) is 18.2 Å². The summed E-state index contributed by atoms with van der Waals surface area (Å²) in [4.78, 5) is 41.5. The maximum atomic E-state index is 13.5. The van der Waals surface area contributed by atoms with E-state index in [0.29, 0.717) is 70.5 Å². The highest BCUT2D eigenvalue weighted by atomic mass is 35.5. The quantitative estimate of drug-likeness (QED) is 0.226. The first-order valence-corrected chi connectivity index (χ1v) is 17.0. The van der Waals surface area contributed by atoms with Gasteiger partial charge in [-0.3, -0.25) is 24.2 Å². The number of aliphatic carboxylic acids is 1. The van der Waals surface area contributed by atoms with Gasteiger partial charge in [0, 0.05) is 44.2 Å². The van der Waals surface area contributed by atoms with Gasteiger partial charge >= 0.3 is 5.97 Å². The number of nitrogens with zero attached hydrogens (tertiary/aromatic N) is 2. The third-order valence-corrected chi connectivity index (χ3v) is 10.3. The van der Waals surface area contributed by atoms with Gasteiger partial charge in [-0.1, -0.05) is 59.3 Å². The second-order valence-corrected chi connectivity index (χ2v) is 13.7. The first kappa shape index (κ1) is 33.7. The van der Waals surface area contributed by atoms with E-state index in [0.717, 1.165) is 36.3 Å². The number of carboxylic acids is 1. The second kappa shape index (κ2) is 15.8. The number of thiocarbonyl (C=S) groups is 1. The van der Waals surface area contributed by atoms with Crippen LogP contribution >= 0.6 is 47.2 Å². The molecule has 0 spiro atoms. The van der Waals surface area contributed by atoms with Gasteiger partial charge in [0.15, 0.2) is 0 Å². The zero-order chi connectivity index (χ0) is 31.9. The van der Waals surface area contributed by atoms with Crippen LogP contribution in [-0.2, 0) is 19.1 Å². The average molecular weight is 693 g/mol. The number of benzene rings is 2. The Labute approximate surface area is 282 Å². The van der Waals surface area contributed by atoms with E-state index in [1.165, 1.54) is 16.7 Å². The van der Waals surface area contributed by atoms with E-state index in [1.807, 2.05) is 24.3 Å². The molecule has 2 saturated heterocycles. The first-order chi connectivity index (χ1) is 21.7. The van der Waals surface area contributed by atoms with E-state index in [-0.39, 0.29) is 36.7 Å². The predicted molar refractivity (Wildman–Crippen MR) is 181 cm³/mol. The summed E-state index contributed by atoms with van der Waals surface area (Å²) in [6.07, 6.45) is 4.23. The maximum absolute atomic E-state index is 13.5. The van der Waals surface area contributed by atoms with Crippen molar-refractivity contribution < 1.29 is 29.0 Å². The van der Waals surface area contributed by atoms with Gasteiger partial charge in [-0.15, -0.1) is 0 Å².